The van der Waals surface area contributed by atoms with Crippen molar-refractivity contribution in [1.29, 1.82) is 0 Å². The highest BCUT2D eigenvalue weighted by atomic mass is 35.5. The number of rotatable bonds is 4. The number of carbonyl (C=O) groups is 2. The van der Waals surface area contributed by atoms with Crippen molar-refractivity contribution < 1.29 is 22.8 Å². The molecular formula is C29H28ClF3N6O2. The smallest absolute Gasteiger partial charge is 0.398 e. The van der Waals surface area contributed by atoms with Crippen LogP contribution in [0.3, 0.4) is 0 Å². The average Bonchev–Trinajstić information content (AvgIpc) is 3.17. The molecule has 1 saturated carbocycles. The fourth-order valence-electron chi connectivity index (χ4n) is 6.00. The number of alkyl halides is 3. The Morgan fingerprint density at radius 2 is 1.85 bits per heavy atom. The maximum absolute atomic E-state index is 13.8. The molecule has 3 aromatic rings. The molecular weight excluding hydrogens is 557 g/mol. The van der Waals surface area contributed by atoms with E-state index in [0.29, 0.717) is 31.4 Å². The number of aromatic nitrogens is 3. The van der Waals surface area contributed by atoms with Crippen LogP contribution in [0.1, 0.15) is 69.8 Å². The maximum Gasteiger partial charge on any atom is 0.433 e. The minimum Gasteiger partial charge on any atom is -0.398 e. The molecule has 1 aromatic carbocycles. The van der Waals surface area contributed by atoms with Crippen LogP contribution in [0, 0.1) is 0 Å². The first-order valence-corrected chi connectivity index (χ1v) is 14.0. The summed E-state index contributed by atoms with van der Waals surface area (Å²) in [5, 5.41) is 4.95. The van der Waals surface area contributed by atoms with Crippen molar-refractivity contribution >= 4 is 29.1 Å². The first-order valence-electron chi connectivity index (χ1n) is 13.6. The van der Waals surface area contributed by atoms with Gasteiger partial charge < -0.3 is 15.5 Å². The summed E-state index contributed by atoms with van der Waals surface area (Å²) in [5.41, 5.74) is 10.3. The standard InChI is InChI=1S/C29H28ClF3N6O2/c30-11-8-26(40)37-12-9-22-27-23(39(36-22)19-6-4-18(5-7-19)17-2-1-3-17)10-13-38(24(27)16-37)28(41)20-15-35-25(14-21(20)34)29(31,32)33/h4-8,11,14-15,17,24H,1-3,9-10,12-13,16H2,(H2,34,35). The number of anilines is 1. The highest BCUT2D eigenvalue weighted by Gasteiger charge is 2.41. The number of nitrogen functional groups attached to an aromatic ring is 1. The van der Waals surface area contributed by atoms with Crippen LogP contribution in [0.15, 0.2) is 48.1 Å². The molecule has 8 nitrogen and oxygen atoms in total. The van der Waals surface area contributed by atoms with E-state index in [0.717, 1.165) is 34.4 Å². The van der Waals surface area contributed by atoms with Crippen molar-refractivity contribution in [2.24, 2.45) is 0 Å². The van der Waals surface area contributed by atoms with Gasteiger partial charge >= 0.3 is 6.18 Å². The van der Waals surface area contributed by atoms with E-state index >= 15 is 0 Å². The van der Waals surface area contributed by atoms with Gasteiger partial charge in [0.05, 0.1) is 28.7 Å². The Kier molecular flexibility index (Phi) is 7.01. The monoisotopic (exact) mass is 584 g/mol. The Balaban J connectivity index is 1.38. The summed E-state index contributed by atoms with van der Waals surface area (Å²) in [5.74, 6) is -0.247. The Bertz CT molecular complexity index is 1530. The van der Waals surface area contributed by atoms with E-state index in [1.165, 1.54) is 30.9 Å². The minimum atomic E-state index is -4.69. The van der Waals surface area contributed by atoms with Gasteiger partial charge in [0.15, 0.2) is 0 Å². The van der Waals surface area contributed by atoms with Gasteiger partial charge in [-0.2, -0.15) is 18.3 Å². The molecule has 2 N–H and O–H groups in total. The summed E-state index contributed by atoms with van der Waals surface area (Å²) in [4.78, 5) is 33.2. The first-order chi connectivity index (χ1) is 19.7. The van der Waals surface area contributed by atoms with Crippen LogP contribution >= 0.6 is 11.6 Å². The van der Waals surface area contributed by atoms with Crippen LogP contribution in [0.5, 0.6) is 0 Å². The molecule has 0 saturated heterocycles. The molecule has 2 aliphatic heterocycles. The summed E-state index contributed by atoms with van der Waals surface area (Å²) in [6, 6.07) is 8.52. The largest absolute Gasteiger partial charge is 0.433 e. The van der Waals surface area contributed by atoms with Crippen molar-refractivity contribution in [3.05, 3.63) is 81.9 Å². The number of nitrogens with two attached hydrogens (primary N) is 1. The van der Waals surface area contributed by atoms with Crippen molar-refractivity contribution in [1.82, 2.24) is 24.6 Å². The quantitative estimate of drug-likeness (QED) is 0.435. The van der Waals surface area contributed by atoms with Crippen LogP contribution < -0.4 is 5.73 Å². The number of pyridine rings is 1. The van der Waals surface area contributed by atoms with Crippen LogP contribution in [0.4, 0.5) is 18.9 Å². The number of hydrogen-bond donors (Lipinski definition) is 1. The van der Waals surface area contributed by atoms with Crippen LogP contribution in [0.25, 0.3) is 5.69 Å². The third kappa shape index (κ3) is 4.96. The highest BCUT2D eigenvalue weighted by Crippen LogP contribution is 2.40. The lowest BCUT2D eigenvalue weighted by atomic mass is 9.80. The van der Waals surface area contributed by atoms with Gasteiger partial charge in [-0.05, 0) is 42.5 Å². The Hall–Kier alpha value is -3.86. The summed E-state index contributed by atoms with van der Waals surface area (Å²) in [6.07, 6.45) is 2.06. The number of nitrogens with zero attached hydrogens (tertiary/aromatic N) is 5. The Labute approximate surface area is 239 Å². The van der Waals surface area contributed by atoms with Crippen molar-refractivity contribution in [3.8, 4) is 5.69 Å². The van der Waals surface area contributed by atoms with Gasteiger partial charge in [0, 0.05) is 61.5 Å². The van der Waals surface area contributed by atoms with E-state index in [1.54, 1.807) is 9.80 Å². The van der Waals surface area contributed by atoms with E-state index < -0.39 is 23.8 Å². The lowest BCUT2D eigenvalue weighted by Crippen LogP contribution is -2.46. The van der Waals surface area contributed by atoms with Crippen LogP contribution in [-0.2, 0) is 23.8 Å². The molecule has 3 aliphatic rings. The lowest BCUT2D eigenvalue weighted by molar-refractivity contribution is -0.141. The predicted molar refractivity (Wildman–Crippen MR) is 147 cm³/mol. The molecule has 214 valence electrons. The molecule has 0 spiro atoms. The summed E-state index contributed by atoms with van der Waals surface area (Å²) in [7, 11) is 0. The van der Waals surface area contributed by atoms with Gasteiger partial charge in [0.2, 0.25) is 5.91 Å². The maximum atomic E-state index is 13.8. The number of amides is 2. The van der Waals surface area contributed by atoms with E-state index in [9.17, 15) is 22.8 Å². The van der Waals surface area contributed by atoms with E-state index in [1.807, 2.05) is 4.68 Å². The molecule has 4 heterocycles. The zero-order valence-corrected chi connectivity index (χ0v) is 22.8. The number of halogens is 4. The normalized spacial score (nSPS) is 19.2. The first kappa shape index (κ1) is 27.3. The molecule has 0 bridgehead atoms. The fourth-order valence-corrected chi connectivity index (χ4v) is 6.11. The third-order valence-electron chi connectivity index (χ3n) is 8.36. The molecule has 1 atom stereocenters. The highest BCUT2D eigenvalue weighted by molar-refractivity contribution is 6.26. The van der Waals surface area contributed by atoms with Gasteiger partial charge in [-0.1, -0.05) is 30.2 Å². The second-order valence-electron chi connectivity index (χ2n) is 10.7. The molecule has 2 amide bonds. The zero-order valence-electron chi connectivity index (χ0n) is 22.1. The van der Waals surface area contributed by atoms with Gasteiger partial charge in [0.25, 0.3) is 5.91 Å². The third-order valence-corrected chi connectivity index (χ3v) is 8.48. The lowest BCUT2D eigenvalue weighted by Gasteiger charge is -2.38. The Morgan fingerprint density at radius 1 is 1.10 bits per heavy atom. The predicted octanol–water partition coefficient (Wildman–Crippen LogP) is 5.01. The SMILES string of the molecule is Nc1cc(C(F)(F)F)ncc1C(=O)N1CCc2c3c(nn2-c2ccc(C4CCC4)cc2)CCN(C(=O)C=CCl)CC31. The molecule has 41 heavy (non-hydrogen) atoms. The van der Waals surface area contributed by atoms with Crippen LogP contribution in [0.2, 0.25) is 0 Å². The van der Waals surface area contributed by atoms with Gasteiger partial charge in [0.1, 0.15) is 5.69 Å². The van der Waals surface area contributed by atoms with Crippen molar-refractivity contribution in [3.63, 3.8) is 0 Å². The fraction of sp³-hybridized carbons (Fsp3) is 0.379. The second-order valence-corrected chi connectivity index (χ2v) is 10.9. The second kappa shape index (κ2) is 10.5. The summed E-state index contributed by atoms with van der Waals surface area (Å²) >= 11 is 5.68. The van der Waals surface area contributed by atoms with Gasteiger partial charge in [-0.3, -0.25) is 14.6 Å². The van der Waals surface area contributed by atoms with E-state index in [2.05, 4.69) is 29.2 Å². The molecule has 2 aromatic heterocycles. The molecule has 1 fully saturated rings. The van der Waals surface area contributed by atoms with Gasteiger partial charge in [-0.25, -0.2) is 4.68 Å². The van der Waals surface area contributed by atoms with Crippen molar-refractivity contribution in [2.75, 3.05) is 25.4 Å². The minimum absolute atomic E-state index is 0.121. The molecule has 1 unspecified atom stereocenters. The zero-order chi connectivity index (χ0) is 28.9. The number of hydrogen-bond acceptors (Lipinski definition) is 5. The van der Waals surface area contributed by atoms with E-state index in [-0.39, 0.29) is 30.2 Å². The molecule has 6 rings (SSSR count). The summed E-state index contributed by atoms with van der Waals surface area (Å²) in [6.45, 7) is 0.800. The average molecular weight is 585 g/mol. The van der Waals surface area contributed by atoms with Crippen molar-refractivity contribution in [2.45, 2.75) is 50.2 Å². The van der Waals surface area contributed by atoms with Crippen LogP contribution in [-0.4, -0.2) is 56.0 Å². The van der Waals surface area contributed by atoms with E-state index in [4.69, 9.17) is 22.4 Å². The number of carbonyl (C=O) groups excluding carboxylic acids is 2. The Morgan fingerprint density at radius 3 is 2.49 bits per heavy atom. The molecule has 0 radical (unpaired) electrons. The van der Waals surface area contributed by atoms with Gasteiger partial charge in [-0.15, -0.1) is 0 Å². The number of benzene rings is 1. The molecule has 12 heteroatoms. The molecule has 1 aliphatic carbocycles. The topological polar surface area (TPSA) is 97.3 Å². The summed E-state index contributed by atoms with van der Waals surface area (Å²) < 4.78 is 41.4.